The lowest BCUT2D eigenvalue weighted by atomic mass is 9.98. The molecule has 5 heteroatoms. The van der Waals surface area contributed by atoms with Crippen molar-refractivity contribution in [2.24, 2.45) is 5.10 Å². The van der Waals surface area contributed by atoms with Gasteiger partial charge in [0.1, 0.15) is 5.82 Å². The van der Waals surface area contributed by atoms with E-state index in [2.05, 4.69) is 15.9 Å². The van der Waals surface area contributed by atoms with E-state index in [4.69, 9.17) is 16.7 Å². The van der Waals surface area contributed by atoms with E-state index in [0.717, 1.165) is 21.3 Å². The molecule has 0 spiro atoms. The summed E-state index contributed by atoms with van der Waals surface area (Å²) in [4.78, 5) is 0. The number of halogens is 3. The van der Waals surface area contributed by atoms with Crippen LogP contribution in [0.5, 0.6) is 0 Å². The maximum atomic E-state index is 14.4. The molecule has 0 saturated carbocycles. The van der Waals surface area contributed by atoms with Gasteiger partial charge in [-0.15, -0.1) is 0 Å². The Kier molecular flexibility index (Phi) is 4.79. The van der Waals surface area contributed by atoms with E-state index in [1.54, 1.807) is 17.1 Å². The fourth-order valence-corrected chi connectivity index (χ4v) is 3.52. The summed E-state index contributed by atoms with van der Waals surface area (Å²) in [5, 5.41) is 7.21. The highest BCUT2D eigenvalue weighted by Crippen LogP contribution is 2.38. The normalized spacial score (nSPS) is 16.7. The molecule has 0 amide bonds. The molecule has 130 valence electrons. The van der Waals surface area contributed by atoms with Gasteiger partial charge in [-0.05, 0) is 47.5 Å². The predicted molar refractivity (Wildman–Crippen MR) is 108 cm³/mol. The highest BCUT2D eigenvalue weighted by molar-refractivity contribution is 9.10. The smallest absolute Gasteiger partial charge is 0.148 e. The van der Waals surface area contributed by atoms with Crippen LogP contribution in [0.25, 0.3) is 0 Å². The molecule has 26 heavy (non-hydrogen) atoms. The van der Waals surface area contributed by atoms with Crippen LogP contribution in [0.4, 0.5) is 10.1 Å². The molecule has 3 aromatic rings. The van der Waals surface area contributed by atoms with Gasteiger partial charge in [0.05, 0.1) is 17.4 Å². The number of anilines is 1. The molecular formula is C21H15BrClFN2. The molecule has 4 rings (SSSR count). The summed E-state index contributed by atoms with van der Waals surface area (Å²) >= 11 is 9.48. The highest BCUT2D eigenvalue weighted by atomic mass is 79.9. The first kappa shape index (κ1) is 17.3. The van der Waals surface area contributed by atoms with Crippen LogP contribution in [-0.4, -0.2) is 5.71 Å². The molecule has 2 nitrogen and oxygen atoms in total. The number of nitrogens with zero attached hydrogens (tertiary/aromatic N) is 2. The lowest BCUT2D eigenvalue weighted by Gasteiger charge is -2.24. The first-order valence-corrected chi connectivity index (χ1v) is 9.41. The zero-order valence-electron chi connectivity index (χ0n) is 13.7. The van der Waals surface area contributed by atoms with Gasteiger partial charge in [-0.1, -0.05) is 63.9 Å². The molecule has 0 N–H and O–H groups in total. The SMILES string of the molecule is Fc1ccccc1N1N=C(c2ccc(Br)cc2)C[C@H]1c1ccc(Cl)cc1. The molecule has 0 radical (unpaired) electrons. The summed E-state index contributed by atoms with van der Waals surface area (Å²) in [6.07, 6.45) is 0.692. The summed E-state index contributed by atoms with van der Waals surface area (Å²) in [6, 6.07) is 22.3. The van der Waals surface area contributed by atoms with Gasteiger partial charge in [-0.2, -0.15) is 5.10 Å². The minimum atomic E-state index is -0.285. The Hall–Kier alpha value is -2.17. The van der Waals surface area contributed by atoms with Crippen molar-refractivity contribution < 1.29 is 4.39 Å². The van der Waals surface area contributed by atoms with Crippen molar-refractivity contribution in [1.29, 1.82) is 0 Å². The fourth-order valence-electron chi connectivity index (χ4n) is 3.13. The van der Waals surface area contributed by atoms with E-state index in [0.29, 0.717) is 17.1 Å². The third kappa shape index (κ3) is 3.39. The van der Waals surface area contributed by atoms with Crippen molar-refractivity contribution in [2.45, 2.75) is 12.5 Å². The van der Waals surface area contributed by atoms with Gasteiger partial charge in [0, 0.05) is 15.9 Å². The average molecular weight is 430 g/mol. The van der Waals surface area contributed by atoms with Crippen molar-refractivity contribution in [3.63, 3.8) is 0 Å². The second-order valence-electron chi connectivity index (χ2n) is 6.12. The highest BCUT2D eigenvalue weighted by Gasteiger charge is 2.31. The third-order valence-electron chi connectivity index (χ3n) is 4.44. The predicted octanol–water partition coefficient (Wildman–Crippen LogP) is 6.60. The van der Waals surface area contributed by atoms with E-state index in [-0.39, 0.29) is 11.9 Å². The molecule has 0 bridgehead atoms. The molecule has 0 unspecified atom stereocenters. The van der Waals surface area contributed by atoms with Crippen LogP contribution in [0.3, 0.4) is 0 Å². The van der Waals surface area contributed by atoms with Crippen LogP contribution in [-0.2, 0) is 0 Å². The second kappa shape index (κ2) is 7.22. The molecule has 1 atom stereocenters. The van der Waals surface area contributed by atoms with Gasteiger partial charge < -0.3 is 0 Å². The summed E-state index contributed by atoms with van der Waals surface area (Å²) in [5.74, 6) is -0.285. The Bertz CT molecular complexity index is 955. The van der Waals surface area contributed by atoms with E-state index < -0.39 is 0 Å². The summed E-state index contributed by atoms with van der Waals surface area (Å²) in [7, 11) is 0. The van der Waals surface area contributed by atoms with Crippen molar-refractivity contribution in [2.75, 3.05) is 5.01 Å². The van der Waals surface area contributed by atoms with E-state index in [1.165, 1.54) is 6.07 Å². The van der Waals surface area contributed by atoms with Crippen LogP contribution in [0.15, 0.2) is 82.4 Å². The van der Waals surface area contributed by atoms with Crippen molar-refractivity contribution in [1.82, 2.24) is 0 Å². The number of rotatable bonds is 3. The molecule has 0 fully saturated rings. The third-order valence-corrected chi connectivity index (χ3v) is 5.22. The van der Waals surface area contributed by atoms with Crippen molar-refractivity contribution in [3.8, 4) is 0 Å². The summed E-state index contributed by atoms with van der Waals surface area (Å²) in [6.45, 7) is 0. The molecule has 0 aromatic heterocycles. The van der Waals surface area contributed by atoms with Gasteiger partial charge in [0.15, 0.2) is 0 Å². The lowest BCUT2D eigenvalue weighted by molar-refractivity contribution is 0.606. The molecular weight excluding hydrogens is 415 g/mol. The first-order valence-electron chi connectivity index (χ1n) is 8.24. The number of hydrazone groups is 1. The molecule has 1 aliphatic heterocycles. The second-order valence-corrected chi connectivity index (χ2v) is 7.47. The molecule has 3 aromatic carbocycles. The molecule has 0 aliphatic carbocycles. The van der Waals surface area contributed by atoms with Gasteiger partial charge in [-0.25, -0.2) is 4.39 Å². The standard InChI is InChI=1S/C21H15BrClFN2/c22-16-9-5-14(6-10-16)19-13-21(15-7-11-17(23)12-8-15)26(25-19)20-4-2-1-3-18(20)24/h1-12,21H,13H2/t21-/m0/s1. The Morgan fingerprint density at radius 3 is 2.35 bits per heavy atom. The Labute approximate surface area is 165 Å². The van der Waals surface area contributed by atoms with Crippen LogP contribution in [0, 0.1) is 5.82 Å². The zero-order chi connectivity index (χ0) is 18.1. The van der Waals surface area contributed by atoms with Gasteiger partial charge in [0.25, 0.3) is 0 Å². The minimum Gasteiger partial charge on any atom is -0.254 e. The Balaban J connectivity index is 1.77. The van der Waals surface area contributed by atoms with Crippen molar-refractivity contribution in [3.05, 3.63) is 99.2 Å². The molecule has 0 saturated heterocycles. The zero-order valence-corrected chi connectivity index (χ0v) is 16.1. The quantitative estimate of drug-likeness (QED) is 0.458. The first-order chi connectivity index (χ1) is 12.6. The van der Waals surface area contributed by atoms with Gasteiger partial charge in [0.2, 0.25) is 0 Å². The van der Waals surface area contributed by atoms with Gasteiger partial charge in [-0.3, -0.25) is 5.01 Å². The number of para-hydroxylation sites is 1. The van der Waals surface area contributed by atoms with Crippen LogP contribution in [0.1, 0.15) is 23.6 Å². The molecule has 1 heterocycles. The van der Waals surface area contributed by atoms with E-state index in [1.807, 2.05) is 54.6 Å². The Morgan fingerprint density at radius 2 is 1.65 bits per heavy atom. The fraction of sp³-hybridized carbons (Fsp3) is 0.0952. The maximum Gasteiger partial charge on any atom is 0.148 e. The van der Waals surface area contributed by atoms with Crippen molar-refractivity contribution >= 4 is 38.9 Å². The van der Waals surface area contributed by atoms with E-state index >= 15 is 0 Å². The number of hydrogen-bond donors (Lipinski definition) is 0. The largest absolute Gasteiger partial charge is 0.254 e. The molecule has 1 aliphatic rings. The minimum absolute atomic E-state index is 0.0807. The monoisotopic (exact) mass is 428 g/mol. The lowest BCUT2D eigenvalue weighted by Crippen LogP contribution is -2.19. The van der Waals surface area contributed by atoms with E-state index in [9.17, 15) is 4.39 Å². The van der Waals surface area contributed by atoms with Gasteiger partial charge >= 0.3 is 0 Å². The number of benzene rings is 3. The number of hydrogen-bond acceptors (Lipinski definition) is 2. The maximum absolute atomic E-state index is 14.4. The topological polar surface area (TPSA) is 15.6 Å². The Morgan fingerprint density at radius 1 is 0.962 bits per heavy atom. The summed E-state index contributed by atoms with van der Waals surface area (Å²) < 4.78 is 15.5. The van der Waals surface area contributed by atoms with Crippen LogP contribution in [0.2, 0.25) is 5.02 Å². The van der Waals surface area contributed by atoms with Crippen LogP contribution < -0.4 is 5.01 Å². The van der Waals surface area contributed by atoms with Crippen LogP contribution >= 0.6 is 27.5 Å². The average Bonchev–Trinajstić information content (AvgIpc) is 3.08. The summed E-state index contributed by atoms with van der Waals surface area (Å²) in [5.41, 5.74) is 3.49.